The van der Waals surface area contributed by atoms with E-state index in [1.807, 2.05) is 30.4 Å². The molecule has 3 aliphatic rings. The van der Waals surface area contributed by atoms with Crippen LogP contribution in [-0.4, -0.2) is 40.8 Å². The molecule has 4 rings (SSSR count). The van der Waals surface area contributed by atoms with Gasteiger partial charge in [-0.1, -0.05) is 42.5 Å². The van der Waals surface area contributed by atoms with Crippen molar-refractivity contribution >= 4 is 17.7 Å². The molecule has 0 aromatic heterocycles. The van der Waals surface area contributed by atoms with Gasteiger partial charge in [0.15, 0.2) is 0 Å². The number of nitrogens with one attached hydrogen (secondary N) is 1. The van der Waals surface area contributed by atoms with Crippen molar-refractivity contribution in [2.24, 2.45) is 23.7 Å². The quantitative estimate of drug-likeness (QED) is 0.605. The zero-order valence-corrected chi connectivity index (χ0v) is 14.6. The topological polar surface area (TPSA) is 86.7 Å². The van der Waals surface area contributed by atoms with Crippen LogP contribution in [0.5, 0.6) is 0 Å². The molecular weight excluding hydrogens is 332 g/mol. The van der Waals surface area contributed by atoms with Crippen molar-refractivity contribution in [3.63, 3.8) is 0 Å². The summed E-state index contributed by atoms with van der Waals surface area (Å²) in [5, 5.41) is 13.2. The van der Waals surface area contributed by atoms with Gasteiger partial charge in [-0.15, -0.1) is 0 Å². The molecule has 26 heavy (non-hydrogen) atoms. The molecule has 1 aliphatic heterocycles. The van der Waals surface area contributed by atoms with Crippen molar-refractivity contribution < 1.29 is 19.5 Å². The van der Waals surface area contributed by atoms with Gasteiger partial charge in [0.1, 0.15) is 12.1 Å². The van der Waals surface area contributed by atoms with Gasteiger partial charge in [0.25, 0.3) is 0 Å². The lowest BCUT2D eigenvalue weighted by Gasteiger charge is -2.25. The first-order valence-corrected chi connectivity index (χ1v) is 8.96. The molecule has 0 radical (unpaired) electrons. The molecule has 0 unspecified atom stereocenters. The van der Waals surface area contributed by atoms with E-state index >= 15 is 0 Å². The van der Waals surface area contributed by atoms with Crippen LogP contribution < -0.4 is 5.32 Å². The van der Waals surface area contributed by atoms with E-state index in [0.29, 0.717) is 5.56 Å². The smallest absolute Gasteiger partial charge is 0.240 e. The van der Waals surface area contributed by atoms with Gasteiger partial charge in [0.2, 0.25) is 17.7 Å². The summed E-state index contributed by atoms with van der Waals surface area (Å²) in [6.07, 6.45) is 4.92. The Kier molecular flexibility index (Phi) is 3.95. The average molecular weight is 354 g/mol. The van der Waals surface area contributed by atoms with Crippen LogP contribution in [0.25, 0.3) is 0 Å². The second-order valence-corrected chi connectivity index (χ2v) is 7.68. The van der Waals surface area contributed by atoms with Gasteiger partial charge < -0.3 is 10.4 Å². The van der Waals surface area contributed by atoms with Crippen LogP contribution >= 0.6 is 0 Å². The number of fused-ring (bicyclic) bond motifs is 5. The van der Waals surface area contributed by atoms with E-state index < -0.39 is 11.5 Å². The second-order valence-electron chi connectivity index (χ2n) is 7.68. The van der Waals surface area contributed by atoms with E-state index in [0.717, 1.165) is 11.3 Å². The molecule has 2 aliphatic carbocycles. The van der Waals surface area contributed by atoms with Gasteiger partial charge in [-0.2, -0.15) is 0 Å². The number of benzene rings is 1. The van der Waals surface area contributed by atoms with Crippen molar-refractivity contribution in [3.05, 3.63) is 48.0 Å². The van der Waals surface area contributed by atoms with Crippen LogP contribution in [0.4, 0.5) is 0 Å². The molecule has 2 fully saturated rings. The van der Waals surface area contributed by atoms with E-state index in [4.69, 9.17) is 0 Å². The van der Waals surface area contributed by atoms with Crippen molar-refractivity contribution in [1.82, 2.24) is 10.2 Å². The largest absolute Gasteiger partial charge is 0.384 e. The summed E-state index contributed by atoms with van der Waals surface area (Å²) in [4.78, 5) is 38.5. The summed E-state index contributed by atoms with van der Waals surface area (Å²) in [6.45, 7) is 1.34. The van der Waals surface area contributed by atoms with Gasteiger partial charge in [-0.05, 0) is 30.7 Å². The Balaban J connectivity index is 1.37. The number of rotatable bonds is 5. The molecule has 5 atom stereocenters. The molecule has 1 saturated heterocycles. The second kappa shape index (κ2) is 6.06. The lowest BCUT2D eigenvalue weighted by molar-refractivity contribution is -0.144. The van der Waals surface area contributed by atoms with Crippen LogP contribution in [0.15, 0.2) is 42.5 Å². The number of imide groups is 1. The number of carbonyl (C=O) groups is 3. The maximum atomic E-state index is 12.6. The van der Waals surface area contributed by atoms with Crippen LogP contribution in [0.1, 0.15) is 18.9 Å². The van der Waals surface area contributed by atoms with Gasteiger partial charge in [-0.25, -0.2) is 0 Å². The lowest BCUT2D eigenvalue weighted by atomic mass is 9.85. The zero-order valence-electron chi connectivity index (χ0n) is 14.6. The minimum atomic E-state index is -1.23. The van der Waals surface area contributed by atoms with E-state index in [9.17, 15) is 19.5 Å². The maximum Gasteiger partial charge on any atom is 0.240 e. The number of hydrogen-bond acceptors (Lipinski definition) is 4. The van der Waals surface area contributed by atoms with E-state index in [-0.39, 0.29) is 48.6 Å². The Morgan fingerprint density at radius 2 is 1.73 bits per heavy atom. The van der Waals surface area contributed by atoms with Crippen molar-refractivity contribution in [2.75, 3.05) is 13.1 Å². The Hall–Kier alpha value is -2.47. The minimum Gasteiger partial charge on any atom is -0.384 e. The standard InChI is InChI=1S/C20H22N2O4/c1-20(26,14-5-3-2-4-6-14)11-21-15(23)10-22-18(24)16-12-7-8-13(9-12)17(16)19(22)25/h2-8,12-13,16-17,26H,9-11H2,1H3,(H,21,23)/t12-,13-,16+,17+,20-/m0/s1. The molecule has 1 aromatic rings. The van der Waals surface area contributed by atoms with Gasteiger partial charge in [-0.3, -0.25) is 19.3 Å². The van der Waals surface area contributed by atoms with Gasteiger partial charge in [0, 0.05) is 0 Å². The lowest BCUT2D eigenvalue weighted by Crippen LogP contribution is -2.45. The number of allylic oxidation sites excluding steroid dienone is 2. The van der Waals surface area contributed by atoms with Gasteiger partial charge in [0.05, 0.1) is 18.4 Å². The molecule has 1 aromatic carbocycles. The minimum absolute atomic E-state index is 0.00568. The maximum absolute atomic E-state index is 12.6. The fraction of sp³-hybridized carbons (Fsp3) is 0.450. The summed E-state index contributed by atoms with van der Waals surface area (Å²) < 4.78 is 0. The predicted molar refractivity (Wildman–Crippen MR) is 93.5 cm³/mol. The average Bonchev–Trinajstić information content (AvgIpc) is 3.31. The highest BCUT2D eigenvalue weighted by Crippen LogP contribution is 2.52. The molecule has 3 amide bonds. The number of aliphatic hydroxyl groups is 1. The number of likely N-dealkylation sites (tertiary alicyclic amines) is 1. The van der Waals surface area contributed by atoms with Crippen LogP contribution in [0.2, 0.25) is 0 Å². The van der Waals surface area contributed by atoms with E-state index in [2.05, 4.69) is 5.32 Å². The highest BCUT2D eigenvalue weighted by Gasteiger charge is 2.59. The van der Waals surface area contributed by atoms with Crippen LogP contribution in [0.3, 0.4) is 0 Å². The molecule has 0 spiro atoms. The van der Waals surface area contributed by atoms with Gasteiger partial charge >= 0.3 is 0 Å². The third-order valence-electron chi connectivity index (χ3n) is 5.89. The zero-order chi connectivity index (χ0) is 18.5. The Morgan fingerprint density at radius 3 is 2.31 bits per heavy atom. The predicted octanol–water partition coefficient (Wildman–Crippen LogP) is 0.817. The summed E-state index contributed by atoms with van der Waals surface area (Å²) in [7, 11) is 0. The third kappa shape index (κ3) is 2.65. The van der Waals surface area contributed by atoms with E-state index in [1.54, 1.807) is 19.1 Å². The first-order chi connectivity index (χ1) is 12.4. The van der Waals surface area contributed by atoms with Crippen LogP contribution in [-0.2, 0) is 20.0 Å². The molecular formula is C20H22N2O4. The van der Waals surface area contributed by atoms with E-state index in [1.165, 1.54) is 0 Å². The van der Waals surface area contributed by atoms with Crippen LogP contribution in [0, 0.1) is 23.7 Å². The first kappa shape index (κ1) is 17.0. The molecule has 2 N–H and O–H groups in total. The summed E-state index contributed by atoms with van der Waals surface area (Å²) in [5.74, 6) is -1.23. The molecule has 136 valence electrons. The fourth-order valence-electron chi connectivity index (χ4n) is 4.49. The Labute approximate surface area is 151 Å². The molecule has 6 nitrogen and oxygen atoms in total. The number of carbonyl (C=O) groups excluding carboxylic acids is 3. The molecule has 1 saturated carbocycles. The molecule has 2 bridgehead atoms. The summed E-state index contributed by atoms with van der Waals surface area (Å²) in [5.41, 5.74) is -0.541. The fourth-order valence-corrected chi connectivity index (χ4v) is 4.49. The molecule has 6 heteroatoms. The number of hydrogen-bond donors (Lipinski definition) is 2. The Bertz CT molecular complexity index is 756. The monoisotopic (exact) mass is 354 g/mol. The van der Waals surface area contributed by atoms with Crippen molar-refractivity contribution in [1.29, 1.82) is 0 Å². The molecule has 1 heterocycles. The third-order valence-corrected chi connectivity index (χ3v) is 5.89. The SMILES string of the molecule is C[C@](O)(CNC(=O)CN1C(=O)[C@H]2[C@H](C1=O)[C@H]1C=C[C@H]2C1)c1ccccc1. The summed E-state index contributed by atoms with van der Waals surface area (Å²) in [6, 6.07) is 9.04. The highest BCUT2D eigenvalue weighted by molar-refractivity contribution is 6.08. The highest BCUT2D eigenvalue weighted by atomic mass is 16.3. The first-order valence-electron chi connectivity index (χ1n) is 8.96. The normalized spacial score (nSPS) is 31.2. The van der Waals surface area contributed by atoms with Crippen molar-refractivity contribution in [3.8, 4) is 0 Å². The van der Waals surface area contributed by atoms with Crippen molar-refractivity contribution in [2.45, 2.75) is 18.9 Å². The summed E-state index contributed by atoms with van der Waals surface area (Å²) >= 11 is 0. The number of amides is 3. The Morgan fingerprint density at radius 1 is 1.15 bits per heavy atom. The number of nitrogens with zero attached hydrogens (tertiary/aromatic N) is 1.